The fraction of sp³-hybridized carbons (Fsp3) is 0.364. The highest BCUT2D eigenvalue weighted by Crippen LogP contribution is 2.31. The number of para-hydroxylation sites is 1. The maximum Gasteiger partial charge on any atom is 0.237 e. The van der Waals surface area contributed by atoms with E-state index in [0.29, 0.717) is 6.61 Å². The Bertz CT molecular complexity index is 829. The maximum absolute atomic E-state index is 12.1. The van der Waals surface area contributed by atoms with Crippen molar-refractivity contribution in [2.45, 2.75) is 12.3 Å². The number of benzene rings is 2. The second kappa shape index (κ2) is 8.99. The molecular formula is C22H25N3O3. The number of hydrogen-bond acceptors (Lipinski definition) is 5. The van der Waals surface area contributed by atoms with Crippen molar-refractivity contribution >= 4 is 23.5 Å². The molecule has 1 N–H and O–H groups in total. The normalized spacial score (nSPS) is 19.6. The van der Waals surface area contributed by atoms with E-state index in [2.05, 4.69) is 15.2 Å². The van der Waals surface area contributed by atoms with Gasteiger partial charge in [-0.05, 0) is 42.3 Å². The average molecular weight is 379 g/mol. The highest BCUT2D eigenvalue weighted by Gasteiger charge is 2.28. The third kappa shape index (κ3) is 4.58. The molecule has 0 radical (unpaired) electrons. The summed E-state index contributed by atoms with van der Waals surface area (Å²) in [5.74, 6) is 0.461. The molecule has 0 aromatic heterocycles. The molecule has 2 heterocycles. The minimum absolute atomic E-state index is 0.0369. The van der Waals surface area contributed by atoms with E-state index in [1.165, 1.54) is 0 Å². The zero-order chi connectivity index (χ0) is 19.2. The number of morpholine rings is 1. The van der Waals surface area contributed by atoms with Crippen LogP contribution in [0.2, 0.25) is 0 Å². The van der Waals surface area contributed by atoms with Crippen LogP contribution < -0.4 is 10.1 Å². The van der Waals surface area contributed by atoms with Crippen molar-refractivity contribution in [3.05, 3.63) is 54.1 Å². The molecule has 1 saturated heterocycles. The van der Waals surface area contributed by atoms with E-state index >= 15 is 0 Å². The van der Waals surface area contributed by atoms with Gasteiger partial charge in [-0.15, -0.1) is 0 Å². The van der Waals surface area contributed by atoms with Crippen molar-refractivity contribution in [1.29, 1.82) is 0 Å². The molecule has 1 fully saturated rings. The van der Waals surface area contributed by atoms with Gasteiger partial charge in [0.2, 0.25) is 5.91 Å². The molecule has 146 valence electrons. The molecule has 28 heavy (non-hydrogen) atoms. The molecule has 4 rings (SSSR count). The lowest BCUT2D eigenvalue weighted by atomic mass is 10.0. The van der Waals surface area contributed by atoms with Crippen LogP contribution in [0.25, 0.3) is 0 Å². The smallest absolute Gasteiger partial charge is 0.237 e. The number of ether oxygens (including phenoxy) is 2. The molecule has 2 aliphatic heterocycles. The monoisotopic (exact) mass is 379 g/mol. The number of hydrogen-bond donors (Lipinski definition) is 1. The number of aliphatic imine (C=N–C) groups is 1. The molecule has 0 aliphatic carbocycles. The van der Waals surface area contributed by atoms with Gasteiger partial charge in [0.1, 0.15) is 11.7 Å². The first-order chi connectivity index (χ1) is 13.8. The Balaban J connectivity index is 1.26. The second-order valence-electron chi connectivity index (χ2n) is 6.98. The van der Waals surface area contributed by atoms with Crippen LogP contribution in [0.1, 0.15) is 17.9 Å². The van der Waals surface area contributed by atoms with E-state index < -0.39 is 0 Å². The van der Waals surface area contributed by atoms with Crippen molar-refractivity contribution in [2.75, 3.05) is 44.8 Å². The molecule has 1 unspecified atom stereocenters. The summed E-state index contributed by atoms with van der Waals surface area (Å²) >= 11 is 0. The number of nitrogens with zero attached hydrogens (tertiary/aromatic N) is 2. The van der Waals surface area contributed by atoms with Gasteiger partial charge in [-0.3, -0.25) is 14.7 Å². The summed E-state index contributed by atoms with van der Waals surface area (Å²) in [6, 6.07) is 15.4. The van der Waals surface area contributed by atoms with Gasteiger partial charge in [0.15, 0.2) is 0 Å². The maximum atomic E-state index is 12.1. The Morgan fingerprint density at radius 2 is 1.93 bits per heavy atom. The van der Waals surface area contributed by atoms with Crippen LogP contribution in [-0.2, 0) is 9.53 Å². The first-order valence-corrected chi connectivity index (χ1v) is 9.76. The van der Waals surface area contributed by atoms with E-state index in [1.54, 1.807) is 6.21 Å². The number of amides is 1. The highest BCUT2D eigenvalue weighted by atomic mass is 16.5. The number of rotatable bonds is 7. The van der Waals surface area contributed by atoms with Crippen LogP contribution in [0.3, 0.4) is 0 Å². The predicted molar refractivity (Wildman–Crippen MR) is 110 cm³/mol. The third-order valence-electron chi connectivity index (χ3n) is 5.04. The summed E-state index contributed by atoms with van der Waals surface area (Å²) in [6.45, 7) is 5.41. The molecule has 2 aromatic rings. The molecule has 0 spiro atoms. The molecule has 1 atom stereocenters. The van der Waals surface area contributed by atoms with Crippen LogP contribution in [-0.4, -0.2) is 56.5 Å². The average Bonchev–Trinajstić information content (AvgIpc) is 3.06. The van der Waals surface area contributed by atoms with Gasteiger partial charge in [0.25, 0.3) is 0 Å². The predicted octanol–water partition coefficient (Wildman–Crippen LogP) is 3.23. The van der Waals surface area contributed by atoms with Crippen molar-refractivity contribution in [1.82, 2.24) is 4.90 Å². The van der Waals surface area contributed by atoms with E-state index in [-0.39, 0.29) is 11.8 Å². The minimum atomic E-state index is -0.340. The molecule has 6 nitrogen and oxygen atoms in total. The van der Waals surface area contributed by atoms with Gasteiger partial charge in [-0.25, -0.2) is 0 Å². The van der Waals surface area contributed by atoms with Crippen LogP contribution in [0, 0.1) is 0 Å². The zero-order valence-electron chi connectivity index (χ0n) is 15.8. The minimum Gasteiger partial charge on any atom is -0.494 e. The lowest BCUT2D eigenvalue weighted by molar-refractivity contribution is -0.115. The molecule has 2 aliphatic rings. The molecular weight excluding hydrogens is 354 g/mol. The summed E-state index contributed by atoms with van der Waals surface area (Å²) in [5.41, 5.74) is 2.64. The largest absolute Gasteiger partial charge is 0.494 e. The van der Waals surface area contributed by atoms with E-state index in [0.717, 1.165) is 62.0 Å². The fourth-order valence-electron chi connectivity index (χ4n) is 3.47. The Morgan fingerprint density at radius 1 is 1.14 bits per heavy atom. The molecule has 0 saturated carbocycles. The van der Waals surface area contributed by atoms with Crippen LogP contribution >= 0.6 is 0 Å². The summed E-state index contributed by atoms with van der Waals surface area (Å²) in [7, 11) is 0. The van der Waals surface area contributed by atoms with Gasteiger partial charge >= 0.3 is 0 Å². The van der Waals surface area contributed by atoms with Gasteiger partial charge in [0, 0.05) is 31.5 Å². The van der Waals surface area contributed by atoms with Gasteiger partial charge in [-0.1, -0.05) is 18.2 Å². The Labute approximate surface area is 165 Å². The topological polar surface area (TPSA) is 63.2 Å². The Hall–Kier alpha value is -2.70. The van der Waals surface area contributed by atoms with Crippen LogP contribution in [0.4, 0.5) is 11.4 Å². The Morgan fingerprint density at radius 3 is 2.75 bits per heavy atom. The second-order valence-corrected chi connectivity index (χ2v) is 6.98. The third-order valence-corrected chi connectivity index (χ3v) is 5.04. The quantitative estimate of drug-likeness (QED) is 0.593. The first kappa shape index (κ1) is 18.7. The van der Waals surface area contributed by atoms with Crippen molar-refractivity contribution in [2.24, 2.45) is 4.99 Å². The first-order valence-electron chi connectivity index (χ1n) is 9.76. The molecule has 2 aromatic carbocycles. The zero-order valence-corrected chi connectivity index (χ0v) is 15.8. The number of carbonyl (C=O) groups excluding carboxylic acids is 1. The lowest BCUT2D eigenvalue weighted by Gasteiger charge is -2.26. The number of anilines is 1. The van der Waals surface area contributed by atoms with Crippen molar-refractivity contribution < 1.29 is 14.3 Å². The van der Waals surface area contributed by atoms with Gasteiger partial charge in [0.05, 0.1) is 25.5 Å². The fourth-order valence-corrected chi connectivity index (χ4v) is 3.47. The van der Waals surface area contributed by atoms with E-state index in [4.69, 9.17) is 9.47 Å². The lowest BCUT2D eigenvalue weighted by Crippen LogP contribution is -2.37. The number of fused-ring (bicyclic) bond motifs is 1. The molecule has 0 bridgehead atoms. The van der Waals surface area contributed by atoms with E-state index in [1.807, 2.05) is 48.5 Å². The summed E-state index contributed by atoms with van der Waals surface area (Å²) in [5, 5.41) is 2.88. The number of carbonyl (C=O) groups is 1. The highest BCUT2D eigenvalue weighted by molar-refractivity contribution is 6.12. The summed E-state index contributed by atoms with van der Waals surface area (Å²) in [6.07, 6.45) is 2.70. The Kier molecular flexibility index (Phi) is 5.99. The molecule has 6 heteroatoms. The van der Waals surface area contributed by atoms with Crippen LogP contribution in [0.15, 0.2) is 53.5 Å². The van der Waals surface area contributed by atoms with Crippen molar-refractivity contribution in [3.8, 4) is 5.75 Å². The standard InChI is InChI=1S/C22H25N3O3/c26-22-20(19-4-1-2-5-21(19)24-22)16-23-17-6-8-18(9-7-17)28-13-3-10-25-11-14-27-15-12-25/h1-2,4-9,16,20H,3,10-15H2,(H,24,26). The van der Waals surface area contributed by atoms with Gasteiger partial charge < -0.3 is 14.8 Å². The summed E-state index contributed by atoms with van der Waals surface area (Å²) in [4.78, 5) is 19.0. The molecule has 1 amide bonds. The number of nitrogens with one attached hydrogen (secondary N) is 1. The summed E-state index contributed by atoms with van der Waals surface area (Å²) < 4.78 is 11.2. The van der Waals surface area contributed by atoms with E-state index in [9.17, 15) is 4.79 Å². The van der Waals surface area contributed by atoms with Gasteiger partial charge in [-0.2, -0.15) is 0 Å². The van der Waals surface area contributed by atoms with Crippen LogP contribution in [0.5, 0.6) is 5.75 Å². The SMILES string of the molecule is O=C1Nc2ccccc2C1C=Nc1ccc(OCCCN2CCOCC2)cc1. The van der Waals surface area contributed by atoms with Crippen molar-refractivity contribution in [3.63, 3.8) is 0 Å².